The standard InChI is InChI=1S/C26H41NO6PSi/c1-9-20-18(4)22-15-33-26(29)23(22)24(32-13-14-35(6,7)8)21(20)12-11-17(3)16-34(30)27-19(5)25(28)31-10-2/h11,19H,9-10,12-16H2,1-8H3,(H,27,30)/q+1. The van der Waals surface area contributed by atoms with E-state index in [1.165, 1.54) is 5.56 Å². The van der Waals surface area contributed by atoms with Crippen molar-refractivity contribution in [2.45, 2.75) is 85.8 Å². The summed E-state index contributed by atoms with van der Waals surface area (Å²) >= 11 is 0. The van der Waals surface area contributed by atoms with Gasteiger partial charge in [-0.2, -0.15) is 0 Å². The van der Waals surface area contributed by atoms with E-state index < -0.39 is 28.0 Å². The van der Waals surface area contributed by atoms with Crippen molar-refractivity contribution < 1.29 is 28.4 Å². The molecule has 0 aliphatic carbocycles. The summed E-state index contributed by atoms with van der Waals surface area (Å²) in [4.78, 5) is 24.5. The molecule has 1 aromatic carbocycles. The van der Waals surface area contributed by atoms with Crippen LogP contribution in [0.25, 0.3) is 0 Å². The Morgan fingerprint density at radius 3 is 2.54 bits per heavy atom. The van der Waals surface area contributed by atoms with Gasteiger partial charge in [0.2, 0.25) is 0 Å². The Balaban J connectivity index is 2.29. The van der Waals surface area contributed by atoms with Crippen LogP contribution in [0.1, 0.15) is 60.3 Å². The lowest BCUT2D eigenvalue weighted by molar-refractivity contribution is -0.144. The number of carbonyl (C=O) groups is 2. The van der Waals surface area contributed by atoms with Gasteiger partial charge in [0.25, 0.3) is 0 Å². The maximum atomic E-state index is 12.6. The highest BCUT2D eigenvalue weighted by Gasteiger charge is 2.32. The van der Waals surface area contributed by atoms with E-state index in [0.29, 0.717) is 30.5 Å². The summed E-state index contributed by atoms with van der Waals surface area (Å²) in [5, 5.41) is 2.83. The summed E-state index contributed by atoms with van der Waals surface area (Å²) in [6, 6.07) is 0.362. The molecule has 2 rings (SSSR count). The molecular weight excluding hydrogens is 481 g/mol. The summed E-state index contributed by atoms with van der Waals surface area (Å²) in [5.41, 5.74) is 5.69. The summed E-state index contributed by atoms with van der Waals surface area (Å²) in [6.45, 7) is 17.5. The number of fused-ring (bicyclic) bond motifs is 1. The van der Waals surface area contributed by atoms with Crippen LogP contribution in [-0.4, -0.2) is 45.4 Å². The van der Waals surface area contributed by atoms with E-state index in [-0.39, 0.29) is 19.2 Å². The first-order chi connectivity index (χ1) is 16.4. The fourth-order valence-corrected chi connectivity index (χ4v) is 6.01. The Morgan fingerprint density at radius 1 is 1.26 bits per heavy atom. The van der Waals surface area contributed by atoms with Gasteiger partial charge in [-0.1, -0.05) is 37.7 Å². The van der Waals surface area contributed by atoms with E-state index in [0.717, 1.165) is 34.7 Å². The maximum absolute atomic E-state index is 12.6. The fraction of sp³-hybridized carbons (Fsp3) is 0.615. The van der Waals surface area contributed by atoms with Gasteiger partial charge in [0, 0.05) is 19.2 Å². The lowest BCUT2D eigenvalue weighted by Crippen LogP contribution is -2.31. The van der Waals surface area contributed by atoms with Gasteiger partial charge in [0.05, 0.1) is 13.2 Å². The van der Waals surface area contributed by atoms with Crippen molar-refractivity contribution in [3.63, 3.8) is 0 Å². The molecule has 2 unspecified atom stereocenters. The predicted molar refractivity (Wildman–Crippen MR) is 142 cm³/mol. The van der Waals surface area contributed by atoms with Gasteiger partial charge in [-0.15, -0.1) is 0 Å². The number of cyclic esters (lactones) is 1. The zero-order chi connectivity index (χ0) is 26.3. The van der Waals surface area contributed by atoms with E-state index >= 15 is 0 Å². The fourth-order valence-electron chi connectivity index (χ4n) is 4.09. The van der Waals surface area contributed by atoms with Gasteiger partial charge in [-0.05, 0) is 67.8 Å². The Kier molecular flexibility index (Phi) is 10.7. The third-order valence-electron chi connectivity index (χ3n) is 6.10. The Hall–Kier alpha value is -2.02. The normalized spacial score (nSPS) is 14.9. The second kappa shape index (κ2) is 12.8. The van der Waals surface area contributed by atoms with Gasteiger partial charge >= 0.3 is 19.9 Å². The van der Waals surface area contributed by atoms with E-state index in [4.69, 9.17) is 14.2 Å². The van der Waals surface area contributed by atoms with Crippen LogP contribution in [0.3, 0.4) is 0 Å². The lowest BCUT2D eigenvalue weighted by atomic mass is 9.89. The minimum absolute atomic E-state index is 0.288. The highest BCUT2D eigenvalue weighted by molar-refractivity contribution is 7.42. The van der Waals surface area contributed by atoms with Crippen molar-refractivity contribution in [2.75, 3.05) is 19.4 Å². The van der Waals surface area contributed by atoms with Crippen LogP contribution in [0.2, 0.25) is 25.7 Å². The van der Waals surface area contributed by atoms with E-state index in [1.807, 2.05) is 19.9 Å². The third-order valence-corrected chi connectivity index (χ3v) is 9.27. The SMILES string of the molecule is CCOC(=O)C(C)N[P+](=O)CC(C)=CCc1c(CC)c(C)c2c(c1OCC[Si](C)(C)C)C(=O)OC2. The molecule has 1 aromatic rings. The number of benzene rings is 1. The molecule has 0 amide bonds. The second-order valence-electron chi connectivity index (χ2n) is 10.2. The molecule has 2 atom stereocenters. The van der Waals surface area contributed by atoms with E-state index in [2.05, 4.69) is 31.7 Å². The summed E-state index contributed by atoms with van der Waals surface area (Å²) in [6.07, 6.45) is 3.73. The molecule has 0 spiro atoms. The highest BCUT2D eigenvalue weighted by atomic mass is 31.1. The number of allylic oxidation sites excluding steroid dienone is 2. The molecule has 0 radical (unpaired) electrons. The van der Waals surface area contributed by atoms with Crippen molar-refractivity contribution in [1.29, 1.82) is 0 Å². The number of hydrogen-bond donors (Lipinski definition) is 1. The Morgan fingerprint density at radius 2 is 1.94 bits per heavy atom. The maximum Gasteiger partial charge on any atom is 0.437 e. The zero-order valence-electron chi connectivity index (χ0n) is 22.5. The molecule has 0 aromatic heterocycles. The molecule has 194 valence electrons. The largest absolute Gasteiger partial charge is 0.493 e. The van der Waals surface area contributed by atoms with E-state index in [1.54, 1.807) is 13.8 Å². The molecule has 1 aliphatic rings. The van der Waals surface area contributed by atoms with Gasteiger partial charge < -0.3 is 14.2 Å². The smallest absolute Gasteiger partial charge is 0.437 e. The number of rotatable bonds is 13. The van der Waals surface area contributed by atoms with Crippen molar-refractivity contribution >= 4 is 28.0 Å². The average molecular weight is 523 g/mol. The summed E-state index contributed by atoms with van der Waals surface area (Å²) in [5.74, 6) is -0.0904. The first-order valence-electron chi connectivity index (χ1n) is 12.4. The van der Waals surface area contributed by atoms with Crippen LogP contribution in [-0.2, 0) is 38.3 Å². The second-order valence-corrected chi connectivity index (χ2v) is 17.2. The summed E-state index contributed by atoms with van der Waals surface area (Å²) < 4.78 is 29.2. The van der Waals surface area contributed by atoms with Crippen molar-refractivity contribution in [1.82, 2.24) is 5.09 Å². The van der Waals surface area contributed by atoms with Crippen LogP contribution in [0.15, 0.2) is 11.6 Å². The molecule has 1 aliphatic heterocycles. The molecule has 35 heavy (non-hydrogen) atoms. The van der Waals surface area contributed by atoms with Crippen LogP contribution in [0.4, 0.5) is 0 Å². The number of hydrogen-bond acceptors (Lipinski definition) is 6. The van der Waals surface area contributed by atoms with Gasteiger partial charge in [-0.3, -0.25) is 4.79 Å². The van der Waals surface area contributed by atoms with Crippen LogP contribution < -0.4 is 9.82 Å². The monoisotopic (exact) mass is 522 g/mol. The third kappa shape index (κ3) is 7.99. The molecule has 9 heteroatoms. The number of esters is 2. The van der Waals surface area contributed by atoms with Crippen LogP contribution >= 0.6 is 7.95 Å². The number of nitrogens with one attached hydrogen (secondary N) is 1. The topological polar surface area (TPSA) is 90.9 Å². The predicted octanol–water partition coefficient (Wildman–Crippen LogP) is 5.72. The Bertz CT molecular complexity index is 999. The van der Waals surface area contributed by atoms with Crippen LogP contribution in [0, 0.1) is 6.92 Å². The molecule has 0 bridgehead atoms. The molecule has 0 fully saturated rings. The van der Waals surface area contributed by atoms with Gasteiger partial charge in [-0.25, -0.2) is 4.79 Å². The molecule has 1 N–H and O–H groups in total. The quantitative estimate of drug-likeness (QED) is 0.153. The highest BCUT2D eigenvalue weighted by Crippen LogP contribution is 2.39. The first kappa shape index (κ1) is 29.2. The molecule has 0 saturated carbocycles. The van der Waals surface area contributed by atoms with Crippen molar-refractivity contribution in [3.8, 4) is 5.75 Å². The minimum atomic E-state index is -1.81. The molecule has 1 heterocycles. The first-order valence-corrected chi connectivity index (χ1v) is 17.5. The van der Waals surface area contributed by atoms with Gasteiger partial charge in [0.15, 0.2) is 6.16 Å². The molecule has 7 nitrogen and oxygen atoms in total. The zero-order valence-corrected chi connectivity index (χ0v) is 24.4. The van der Waals surface area contributed by atoms with Crippen molar-refractivity contribution in [2.24, 2.45) is 0 Å². The van der Waals surface area contributed by atoms with Crippen molar-refractivity contribution in [3.05, 3.63) is 39.5 Å². The Labute approximate surface area is 211 Å². The van der Waals surface area contributed by atoms with Crippen LogP contribution in [0.5, 0.6) is 5.75 Å². The molecular formula is C26H41NO6PSi+. The minimum Gasteiger partial charge on any atom is -0.493 e. The molecule has 0 saturated heterocycles. The number of ether oxygens (including phenoxy) is 3. The summed E-state index contributed by atoms with van der Waals surface area (Å²) in [7, 11) is -3.12. The lowest BCUT2D eigenvalue weighted by Gasteiger charge is -2.22. The van der Waals surface area contributed by atoms with Gasteiger partial charge in [0.1, 0.15) is 24.0 Å². The van der Waals surface area contributed by atoms with E-state index in [9.17, 15) is 14.2 Å². The average Bonchev–Trinajstić information content (AvgIpc) is 3.15. The number of carbonyl (C=O) groups excluding carboxylic acids is 2.